The number of fused-ring (bicyclic) bond motifs is 1. The van der Waals surface area contributed by atoms with E-state index in [9.17, 15) is 0 Å². The van der Waals surface area contributed by atoms with Gasteiger partial charge in [0.15, 0.2) is 0 Å². The molecule has 0 aliphatic carbocycles. The fraction of sp³-hybridized carbons (Fsp3) is 0.389. The first kappa shape index (κ1) is 16.2. The molecule has 0 bridgehead atoms. The summed E-state index contributed by atoms with van der Waals surface area (Å²) in [5.41, 5.74) is 4.36. The Morgan fingerprint density at radius 2 is 2.16 bits per heavy atom. The SMILES string of the molecule is Cc1ncsc1CN1Cc2ccnn2C[C@H](CNc2ccccn2)C1. The Morgan fingerprint density at radius 3 is 2.96 bits per heavy atom. The monoisotopic (exact) mass is 354 g/mol. The van der Waals surface area contributed by atoms with Crippen LogP contribution in [0.25, 0.3) is 0 Å². The van der Waals surface area contributed by atoms with Crippen LogP contribution >= 0.6 is 11.3 Å². The molecule has 130 valence electrons. The van der Waals surface area contributed by atoms with Crippen molar-refractivity contribution in [3.05, 3.63) is 58.4 Å². The van der Waals surface area contributed by atoms with Gasteiger partial charge in [-0.3, -0.25) is 9.58 Å². The standard InChI is InChI=1S/C18H22N6S/c1-14-17(25-13-21-14)12-23-9-15(8-20-18-4-2-3-6-19-18)10-24-16(11-23)5-7-22-24/h2-7,13,15H,8-12H2,1H3,(H,19,20)/t15-/m1/s1. The molecule has 0 radical (unpaired) electrons. The van der Waals surface area contributed by atoms with E-state index in [1.165, 1.54) is 10.6 Å². The highest BCUT2D eigenvalue weighted by Crippen LogP contribution is 2.21. The van der Waals surface area contributed by atoms with Crippen molar-refractivity contribution in [2.45, 2.75) is 26.6 Å². The van der Waals surface area contributed by atoms with Crippen LogP contribution in [0.4, 0.5) is 5.82 Å². The maximum atomic E-state index is 4.51. The maximum Gasteiger partial charge on any atom is 0.125 e. The van der Waals surface area contributed by atoms with Crippen LogP contribution < -0.4 is 5.32 Å². The zero-order valence-electron chi connectivity index (χ0n) is 14.3. The van der Waals surface area contributed by atoms with Crippen molar-refractivity contribution in [1.82, 2.24) is 24.6 Å². The van der Waals surface area contributed by atoms with E-state index in [0.29, 0.717) is 5.92 Å². The molecule has 6 nitrogen and oxygen atoms in total. The van der Waals surface area contributed by atoms with Crippen LogP contribution in [0.5, 0.6) is 0 Å². The lowest BCUT2D eigenvalue weighted by Crippen LogP contribution is -2.31. The van der Waals surface area contributed by atoms with E-state index in [2.05, 4.69) is 43.0 Å². The molecular weight excluding hydrogens is 332 g/mol. The molecule has 4 heterocycles. The zero-order valence-corrected chi connectivity index (χ0v) is 15.1. The first-order valence-electron chi connectivity index (χ1n) is 8.55. The van der Waals surface area contributed by atoms with Crippen LogP contribution in [0.15, 0.2) is 42.2 Å². The van der Waals surface area contributed by atoms with Gasteiger partial charge < -0.3 is 5.32 Å². The molecule has 1 N–H and O–H groups in total. The molecule has 0 fully saturated rings. The zero-order chi connectivity index (χ0) is 17.1. The molecule has 0 saturated carbocycles. The maximum absolute atomic E-state index is 4.51. The Bertz CT molecular complexity index is 812. The summed E-state index contributed by atoms with van der Waals surface area (Å²) < 4.78 is 2.14. The number of aryl methyl sites for hydroxylation is 1. The normalized spacial score (nSPS) is 17.9. The van der Waals surface area contributed by atoms with Gasteiger partial charge in [-0.1, -0.05) is 6.07 Å². The summed E-state index contributed by atoms with van der Waals surface area (Å²) in [6, 6.07) is 8.08. The van der Waals surface area contributed by atoms with Crippen LogP contribution in [-0.4, -0.2) is 37.7 Å². The van der Waals surface area contributed by atoms with Gasteiger partial charge in [0, 0.05) is 55.9 Å². The van der Waals surface area contributed by atoms with E-state index in [1.54, 1.807) is 11.3 Å². The lowest BCUT2D eigenvalue weighted by atomic mass is 10.1. The summed E-state index contributed by atoms with van der Waals surface area (Å²) >= 11 is 1.74. The molecular formula is C18H22N6S. The Labute approximate surface area is 151 Å². The van der Waals surface area contributed by atoms with Gasteiger partial charge in [0.1, 0.15) is 5.82 Å². The molecule has 3 aromatic rings. The quantitative estimate of drug-likeness (QED) is 0.763. The molecule has 0 amide bonds. The van der Waals surface area contributed by atoms with Crippen molar-refractivity contribution in [3.8, 4) is 0 Å². The van der Waals surface area contributed by atoms with Crippen molar-refractivity contribution in [2.24, 2.45) is 5.92 Å². The van der Waals surface area contributed by atoms with Gasteiger partial charge in [-0.25, -0.2) is 9.97 Å². The molecule has 25 heavy (non-hydrogen) atoms. The highest BCUT2D eigenvalue weighted by molar-refractivity contribution is 7.09. The fourth-order valence-electron chi connectivity index (χ4n) is 3.27. The molecule has 3 aromatic heterocycles. The number of nitrogens with one attached hydrogen (secondary N) is 1. The molecule has 0 unspecified atom stereocenters. The average molecular weight is 354 g/mol. The number of rotatable bonds is 5. The van der Waals surface area contributed by atoms with E-state index >= 15 is 0 Å². The van der Waals surface area contributed by atoms with Crippen molar-refractivity contribution in [2.75, 3.05) is 18.4 Å². The Morgan fingerprint density at radius 1 is 1.20 bits per heavy atom. The molecule has 1 atom stereocenters. The second-order valence-electron chi connectivity index (χ2n) is 6.50. The van der Waals surface area contributed by atoms with Gasteiger partial charge in [0.05, 0.1) is 16.9 Å². The van der Waals surface area contributed by atoms with E-state index in [1.807, 2.05) is 36.1 Å². The second-order valence-corrected chi connectivity index (χ2v) is 7.44. The third-order valence-corrected chi connectivity index (χ3v) is 5.51. The summed E-state index contributed by atoms with van der Waals surface area (Å²) in [7, 11) is 0. The Hall–Kier alpha value is -2.25. The van der Waals surface area contributed by atoms with Crippen molar-refractivity contribution >= 4 is 17.2 Å². The van der Waals surface area contributed by atoms with E-state index < -0.39 is 0 Å². The van der Waals surface area contributed by atoms with Crippen LogP contribution in [0.1, 0.15) is 16.3 Å². The van der Waals surface area contributed by atoms with E-state index in [-0.39, 0.29) is 0 Å². The van der Waals surface area contributed by atoms with Crippen LogP contribution in [0.2, 0.25) is 0 Å². The van der Waals surface area contributed by atoms with Gasteiger partial charge in [0.2, 0.25) is 0 Å². The molecule has 0 saturated heterocycles. The average Bonchev–Trinajstić information content (AvgIpc) is 3.19. The first-order chi connectivity index (χ1) is 12.3. The molecule has 4 rings (SSSR count). The van der Waals surface area contributed by atoms with Crippen molar-refractivity contribution < 1.29 is 0 Å². The summed E-state index contributed by atoms with van der Waals surface area (Å²) in [4.78, 5) is 12.6. The fourth-order valence-corrected chi connectivity index (χ4v) is 4.09. The minimum Gasteiger partial charge on any atom is -0.370 e. The van der Waals surface area contributed by atoms with Crippen LogP contribution in [0.3, 0.4) is 0 Å². The summed E-state index contributed by atoms with van der Waals surface area (Å²) in [6.45, 7) is 6.81. The van der Waals surface area contributed by atoms with Crippen LogP contribution in [-0.2, 0) is 19.6 Å². The second kappa shape index (κ2) is 7.33. The predicted octanol–water partition coefficient (Wildman–Crippen LogP) is 2.79. The largest absolute Gasteiger partial charge is 0.370 e. The van der Waals surface area contributed by atoms with Gasteiger partial charge in [-0.15, -0.1) is 11.3 Å². The molecule has 0 aromatic carbocycles. The number of nitrogens with zero attached hydrogens (tertiary/aromatic N) is 5. The summed E-state index contributed by atoms with van der Waals surface area (Å²) in [5, 5.41) is 7.98. The number of pyridine rings is 1. The first-order valence-corrected chi connectivity index (χ1v) is 9.43. The number of anilines is 1. The number of thiazole rings is 1. The highest BCUT2D eigenvalue weighted by Gasteiger charge is 2.23. The predicted molar refractivity (Wildman–Crippen MR) is 99.4 cm³/mol. The molecule has 7 heteroatoms. The number of aromatic nitrogens is 4. The lowest BCUT2D eigenvalue weighted by Gasteiger charge is -2.24. The smallest absolute Gasteiger partial charge is 0.125 e. The summed E-state index contributed by atoms with van der Waals surface area (Å²) in [6.07, 6.45) is 3.72. The summed E-state index contributed by atoms with van der Waals surface area (Å²) in [5.74, 6) is 1.40. The number of hydrogen-bond donors (Lipinski definition) is 1. The minimum atomic E-state index is 0.469. The molecule has 1 aliphatic heterocycles. The third-order valence-electron chi connectivity index (χ3n) is 4.59. The van der Waals surface area contributed by atoms with Crippen molar-refractivity contribution in [3.63, 3.8) is 0 Å². The number of hydrogen-bond acceptors (Lipinski definition) is 6. The van der Waals surface area contributed by atoms with Gasteiger partial charge in [-0.05, 0) is 25.1 Å². The van der Waals surface area contributed by atoms with E-state index in [0.717, 1.165) is 44.2 Å². The van der Waals surface area contributed by atoms with Gasteiger partial charge >= 0.3 is 0 Å². The lowest BCUT2D eigenvalue weighted by molar-refractivity contribution is 0.227. The third kappa shape index (κ3) is 3.88. The van der Waals surface area contributed by atoms with E-state index in [4.69, 9.17) is 0 Å². The minimum absolute atomic E-state index is 0.469. The highest BCUT2D eigenvalue weighted by atomic mass is 32.1. The van der Waals surface area contributed by atoms with Gasteiger partial charge in [0.25, 0.3) is 0 Å². The Kier molecular flexibility index (Phi) is 4.76. The topological polar surface area (TPSA) is 58.9 Å². The molecule has 1 aliphatic rings. The van der Waals surface area contributed by atoms with Crippen molar-refractivity contribution in [1.29, 1.82) is 0 Å². The molecule has 0 spiro atoms. The van der Waals surface area contributed by atoms with Crippen LogP contribution in [0, 0.1) is 12.8 Å². The van der Waals surface area contributed by atoms with Gasteiger partial charge in [-0.2, -0.15) is 5.10 Å². The Balaban J connectivity index is 1.48.